The van der Waals surface area contributed by atoms with E-state index >= 15 is 0 Å². The van der Waals surface area contributed by atoms with Crippen molar-refractivity contribution in [1.82, 2.24) is 15.2 Å². The van der Waals surface area contributed by atoms with Crippen LogP contribution in [0.1, 0.15) is 43.4 Å². The van der Waals surface area contributed by atoms with E-state index in [4.69, 9.17) is 4.74 Å². The predicted molar refractivity (Wildman–Crippen MR) is 108 cm³/mol. The van der Waals surface area contributed by atoms with E-state index in [0.29, 0.717) is 0 Å². The second kappa shape index (κ2) is 7.46. The lowest BCUT2D eigenvalue weighted by Gasteiger charge is -2.44. The summed E-state index contributed by atoms with van der Waals surface area (Å²) in [6, 6.07) is 8.56. The van der Waals surface area contributed by atoms with Gasteiger partial charge in [-0.25, -0.2) is 0 Å². The molecule has 0 unspecified atom stereocenters. The van der Waals surface area contributed by atoms with Gasteiger partial charge in [-0.05, 0) is 50.3 Å². The van der Waals surface area contributed by atoms with E-state index in [1.165, 1.54) is 28.6 Å². The van der Waals surface area contributed by atoms with Gasteiger partial charge in [0.25, 0.3) is 0 Å². The molecule has 2 aromatic rings. The molecule has 1 atom stereocenters. The number of aromatic nitrogens is 1. The topological polar surface area (TPSA) is 57.4 Å². The average Bonchev–Trinajstić information content (AvgIpc) is 3.09. The van der Waals surface area contributed by atoms with Gasteiger partial charge in [0.05, 0.1) is 18.3 Å². The van der Waals surface area contributed by atoms with Gasteiger partial charge in [-0.3, -0.25) is 4.79 Å². The van der Waals surface area contributed by atoms with Crippen molar-refractivity contribution in [3.8, 4) is 0 Å². The summed E-state index contributed by atoms with van der Waals surface area (Å²) in [7, 11) is 0. The number of fused-ring (bicyclic) bond motifs is 4. The van der Waals surface area contributed by atoms with Crippen molar-refractivity contribution in [1.29, 1.82) is 0 Å². The first-order valence-corrected chi connectivity index (χ1v) is 10.0. The molecule has 2 fully saturated rings. The number of halogens is 1. The number of nitrogens with one attached hydrogen (secondary N) is 2. The van der Waals surface area contributed by atoms with Crippen molar-refractivity contribution < 1.29 is 9.53 Å². The maximum Gasteiger partial charge on any atom is 0.239 e. The fourth-order valence-corrected chi connectivity index (χ4v) is 5.03. The molecule has 4 heterocycles. The summed E-state index contributed by atoms with van der Waals surface area (Å²) in [5.74, 6) is 0.284. The number of nitrogens with zero attached hydrogens (tertiary/aromatic N) is 1. The van der Waals surface area contributed by atoms with Gasteiger partial charge in [-0.15, -0.1) is 12.4 Å². The Morgan fingerprint density at radius 1 is 1.19 bits per heavy atom. The number of carbonyl (C=O) groups is 1. The Hall–Kier alpha value is -1.56. The molecule has 146 valence electrons. The van der Waals surface area contributed by atoms with Crippen LogP contribution in [0.2, 0.25) is 0 Å². The van der Waals surface area contributed by atoms with Gasteiger partial charge in [-0.2, -0.15) is 0 Å². The molecule has 0 saturated carbocycles. The zero-order chi connectivity index (χ0) is 17.6. The van der Waals surface area contributed by atoms with Crippen LogP contribution in [0.4, 0.5) is 0 Å². The lowest BCUT2D eigenvalue weighted by Crippen LogP contribution is -2.54. The van der Waals surface area contributed by atoms with E-state index in [0.717, 1.165) is 58.3 Å². The number of benzene rings is 1. The maximum atomic E-state index is 12.8. The first kappa shape index (κ1) is 18.8. The smallest absolute Gasteiger partial charge is 0.239 e. The molecule has 6 heteroatoms. The van der Waals surface area contributed by atoms with Crippen molar-refractivity contribution in [2.75, 3.05) is 26.2 Å². The number of piperidine rings is 2. The van der Waals surface area contributed by atoms with Crippen LogP contribution < -0.4 is 5.32 Å². The van der Waals surface area contributed by atoms with Crippen molar-refractivity contribution >= 4 is 29.2 Å². The van der Waals surface area contributed by atoms with Crippen molar-refractivity contribution in [2.24, 2.45) is 0 Å². The van der Waals surface area contributed by atoms with Gasteiger partial charge in [0.2, 0.25) is 5.91 Å². The van der Waals surface area contributed by atoms with Gasteiger partial charge >= 0.3 is 0 Å². The Morgan fingerprint density at radius 3 is 2.78 bits per heavy atom. The number of carbonyl (C=O) groups excluding carboxylic acids is 1. The molecule has 1 spiro atoms. The van der Waals surface area contributed by atoms with Crippen molar-refractivity contribution in [2.45, 2.75) is 50.2 Å². The average molecular weight is 390 g/mol. The van der Waals surface area contributed by atoms with Crippen LogP contribution in [0, 0.1) is 0 Å². The zero-order valence-corrected chi connectivity index (χ0v) is 16.4. The molecule has 0 aliphatic carbocycles. The molecule has 1 aromatic heterocycles. The van der Waals surface area contributed by atoms with E-state index in [1.807, 2.05) is 0 Å². The summed E-state index contributed by atoms with van der Waals surface area (Å²) in [5.41, 5.74) is 3.63. The number of H-pyrrole nitrogens is 1. The van der Waals surface area contributed by atoms with Crippen LogP contribution in [0.15, 0.2) is 24.3 Å². The molecule has 3 aliphatic rings. The van der Waals surface area contributed by atoms with Crippen molar-refractivity contribution in [3.05, 3.63) is 35.5 Å². The van der Waals surface area contributed by atoms with Gasteiger partial charge in [-0.1, -0.05) is 24.6 Å². The third-order valence-corrected chi connectivity index (χ3v) is 6.49. The normalized spacial score (nSPS) is 24.4. The maximum absolute atomic E-state index is 12.8. The number of amides is 1. The summed E-state index contributed by atoms with van der Waals surface area (Å²) in [6.07, 6.45) is 6.04. The second-order valence-corrected chi connectivity index (χ2v) is 7.94. The van der Waals surface area contributed by atoms with Crippen LogP contribution in [0.25, 0.3) is 10.9 Å². The predicted octanol–water partition coefficient (Wildman–Crippen LogP) is 3.12. The highest BCUT2D eigenvalue weighted by Crippen LogP contribution is 2.43. The summed E-state index contributed by atoms with van der Waals surface area (Å²) < 4.78 is 6.35. The first-order chi connectivity index (χ1) is 12.8. The van der Waals surface area contributed by atoms with Gasteiger partial charge < -0.3 is 19.9 Å². The molecule has 2 N–H and O–H groups in total. The molecular formula is C21H28ClN3O2. The fourth-order valence-electron chi connectivity index (χ4n) is 5.03. The lowest BCUT2D eigenvalue weighted by molar-refractivity contribution is -0.143. The summed E-state index contributed by atoms with van der Waals surface area (Å²) in [5, 5.41) is 4.72. The quantitative estimate of drug-likeness (QED) is 0.787. The molecule has 27 heavy (non-hydrogen) atoms. The highest BCUT2D eigenvalue weighted by atomic mass is 35.5. The Morgan fingerprint density at radius 2 is 2.00 bits per heavy atom. The van der Waals surface area contributed by atoms with Crippen LogP contribution in [0.3, 0.4) is 0 Å². The molecule has 0 bridgehead atoms. The summed E-state index contributed by atoms with van der Waals surface area (Å²) in [6.45, 7) is 3.31. The van der Waals surface area contributed by atoms with Gasteiger partial charge in [0.1, 0.15) is 5.60 Å². The number of rotatable bonds is 1. The number of hydrogen-bond donors (Lipinski definition) is 2. The minimum Gasteiger partial charge on any atom is -0.368 e. The van der Waals surface area contributed by atoms with E-state index < -0.39 is 0 Å². The fraction of sp³-hybridized carbons (Fsp3) is 0.571. The molecule has 3 aliphatic heterocycles. The third kappa shape index (κ3) is 3.16. The lowest BCUT2D eigenvalue weighted by atomic mass is 9.83. The Kier molecular flexibility index (Phi) is 5.19. The standard InChI is InChI=1S/C21H27N3O2.ClH/c25-20(18-7-3-4-11-22-18)24-12-9-21(10-13-24)19-16(8-14-26-21)15-5-1-2-6-17(15)23-19;/h1-2,5-6,18,22-23H,3-4,7-14H2;1H/t18-;/m1./s1. The molecule has 2 saturated heterocycles. The summed E-state index contributed by atoms with van der Waals surface area (Å²) in [4.78, 5) is 18.5. The van der Waals surface area contributed by atoms with Crippen LogP contribution in [-0.2, 0) is 21.6 Å². The van der Waals surface area contributed by atoms with E-state index in [9.17, 15) is 4.79 Å². The zero-order valence-electron chi connectivity index (χ0n) is 15.6. The number of aromatic amines is 1. The van der Waals surface area contributed by atoms with Crippen LogP contribution in [-0.4, -0.2) is 48.1 Å². The molecule has 1 aromatic carbocycles. The SMILES string of the molecule is Cl.O=C([C@H]1CCCCN1)N1CCC2(CC1)OCCc1c2[nH]c2ccccc12. The Balaban J connectivity index is 0.00000180. The van der Waals surface area contributed by atoms with Crippen LogP contribution >= 0.6 is 12.4 Å². The number of ether oxygens (including phenoxy) is 1. The Bertz CT molecular complexity index is 820. The number of likely N-dealkylation sites (tertiary alicyclic amines) is 1. The third-order valence-electron chi connectivity index (χ3n) is 6.49. The first-order valence-electron chi connectivity index (χ1n) is 10.0. The van der Waals surface area contributed by atoms with E-state index in [-0.39, 0.29) is 30.0 Å². The highest BCUT2D eigenvalue weighted by molar-refractivity contribution is 5.86. The molecule has 5 rings (SSSR count). The minimum atomic E-state index is -0.247. The largest absolute Gasteiger partial charge is 0.368 e. The Labute approximate surface area is 166 Å². The highest BCUT2D eigenvalue weighted by Gasteiger charge is 2.44. The van der Waals surface area contributed by atoms with Crippen LogP contribution in [0.5, 0.6) is 0 Å². The number of para-hydroxylation sites is 1. The van der Waals surface area contributed by atoms with Gasteiger partial charge in [0.15, 0.2) is 0 Å². The molecule has 5 nitrogen and oxygen atoms in total. The molecule has 1 amide bonds. The van der Waals surface area contributed by atoms with E-state index in [2.05, 4.69) is 39.5 Å². The second-order valence-electron chi connectivity index (χ2n) is 7.94. The monoisotopic (exact) mass is 389 g/mol. The molecular weight excluding hydrogens is 362 g/mol. The van der Waals surface area contributed by atoms with E-state index in [1.54, 1.807) is 0 Å². The summed E-state index contributed by atoms with van der Waals surface area (Å²) >= 11 is 0. The van der Waals surface area contributed by atoms with Crippen molar-refractivity contribution in [3.63, 3.8) is 0 Å². The minimum absolute atomic E-state index is 0. The number of hydrogen-bond acceptors (Lipinski definition) is 3. The van der Waals surface area contributed by atoms with Gasteiger partial charge in [0, 0.05) is 24.0 Å². The molecule has 0 radical (unpaired) electrons.